The second-order valence-electron chi connectivity index (χ2n) is 3.35. The Morgan fingerprint density at radius 2 is 2.25 bits per heavy atom. The molecule has 1 aromatic rings. The Bertz CT molecular complexity index is 392. The topological polar surface area (TPSA) is 56.8 Å². The Morgan fingerprint density at radius 1 is 1.44 bits per heavy atom. The predicted octanol–water partition coefficient (Wildman–Crippen LogP) is 0.930. The van der Waals surface area contributed by atoms with Crippen molar-refractivity contribution in [3.8, 4) is 17.2 Å². The van der Waals surface area contributed by atoms with Crippen molar-refractivity contribution in [2.75, 3.05) is 19.9 Å². The maximum absolute atomic E-state index is 10.6. The molecule has 0 spiro atoms. The van der Waals surface area contributed by atoms with Crippen molar-refractivity contribution in [2.24, 2.45) is 0 Å². The number of benzene rings is 1. The standard InChI is InChI=1S/C11H13NO4/c1-8(13)12-4-5-14-9-2-3-10-11(6-9)16-7-15-10/h2-3,6H,4-5,7H2,1H3,(H,12,13). The fourth-order valence-electron chi connectivity index (χ4n) is 1.36. The van der Waals surface area contributed by atoms with Crippen LogP contribution in [-0.2, 0) is 4.79 Å². The number of carbonyl (C=O) groups is 1. The van der Waals surface area contributed by atoms with Crippen LogP contribution in [-0.4, -0.2) is 25.9 Å². The zero-order chi connectivity index (χ0) is 11.4. The molecular formula is C11H13NO4. The molecule has 16 heavy (non-hydrogen) atoms. The number of hydrogen-bond donors (Lipinski definition) is 1. The lowest BCUT2D eigenvalue weighted by molar-refractivity contribution is -0.119. The molecule has 1 heterocycles. The molecule has 5 heteroatoms. The van der Waals surface area contributed by atoms with Gasteiger partial charge in [0.1, 0.15) is 12.4 Å². The van der Waals surface area contributed by atoms with E-state index < -0.39 is 0 Å². The van der Waals surface area contributed by atoms with Gasteiger partial charge in [-0.1, -0.05) is 0 Å². The van der Waals surface area contributed by atoms with E-state index in [-0.39, 0.29) is 12.7 Å². The lowest BCUT2D eigenvalue weighted by atomic mass is 10.3. The van der Waals surface area contributed by atoms with E-state index in [0.717, 1.165) is 5.75 Å². The fourth-order valence-corrected chi connectivity index (χ4v) is 1.36. The summed E-state index contributed by atoms with van der Waals surface area (Å²) in [7, 11) is 0. The molecule has 0 radical (unpaired) electrons. The number of carbonyl (C=O) groups excluding carboxylic acids is 1. The average molecular weight is 223 g/mol. The third-order valence-electron chi connectivity index (χ3n) is 2.09. The van der Waals surface area contributed by atoms with Crippen LogP contribution in [0.25, 0.3) is 0 Å². The highest BCUT2D eigenvalue weighted by Crippen LogP contribution is 2.34. The first kappa shape index (κ1) is 10.6. The molecule has 5 nitrogen and oxygen atoms in total. The number of amides is 1. The van der Waals surface area contributed by atoms with Gasteiger partial charge < -0.3 is 19.5 Å². The number of fused-ring (bicyclic) bond motifs is 1. The van der Waals surface area contributed by atoms with Crippen LogP contribution in [0.15, 0.2) is 18.2 Å². The van der Waals surface area contributed by atoms with Gasteiger partial charge in [0.15, 0.2) is 11.5 Å². The third-order valence-corrected chi connectivity index (χ3v) is 2.09. The quantitative estimate of drug-likeness (QED) is 0.771. The Labute approximate surface area is 93.3 Å². The predicted molar refractivity (Wildman–Crippen MR) is 56.7 cm³/mol. The molecule has 0 bridgehead atoms. The highest BCUT2D eigenvalue weighted by Gasteiger charge is 2.13. The number of ether oxygens (including phenoxy) is 3. The first-order valence-corrected chi connectivity index (χ1v) is 5.02. The van der Waals surface area contributed by atoms with Crippen molar-refractivity contribution < 1.29 is 19.0 Å². The molecule has 0 saturated heterocycles. The molecule has 1 N–H and O–H groups in total. The Morgan fingerprint density at radius 3 is 3.06 bits per heavy atom. The zero-order valence-electron chi connectivity index (χ0n) is 8.99. The summed E-state index contributed by atoms with van der Waals surface area (Å²) in [5, 5.41) is 2.65. The Balaban J connectivity index is 1.83. The summed E-state index contributed by atoms with van der Waals surface area (Å²) in [4.78, 5) is 10.6. The molecule has 86 valence electrons. The van der Waals surface area contributed by atoms with Crippen LogP contribution in [0.5, 0.6) is 17.2 Å². The largest absolute Gasteiger partial charge is 0.492 e. The first-order chi connectivity index (χ1) is 7.75. The lowest BCUT2D eigenvalue weighted by Crippen LogP contribution is -2.25. The van der Waals surface area contributed by atoms with Crippen molar-refractivity contribution in [3.63, 3.8) is 0 Å². The highest BCUT2D eigenvalue weighted by molar-refractivity contribution is 5.72. The molecule has 1 aliphatic rings. The van der Waals surface area contributed by atoms with Crippen molar-refractivity contribution in [2.45, 2.75) is 6.92 Å². The van der Waals surface area contributed by atoms with Crippen molar-refractivity contribution in [3.05, 3.63) is 18.2 Å². The number of rotatable bonds is 4. The van der Waals surface area contributed by atoms with Crippen molar-refractivity contribution in [1.29, 1.82) is 0 Å². The van der Waals surface area contributed by atoms with E-state index in [0.29, 0.717) is 24.7 Å². The van der Waals surface area contributed by atoms with Crippen molar-refractivity contribution >= 4 is 5.91 Å². The van der Waals surface area contributed by atoms with Crippen LogP contribution in [0.4, 0.5) is 0 Å². The van der Waals surface area contributed by atoms with Crippen LogP contribution in [0.2, 0.25) is 0 Å². The van der Waals surface area contributed by atoms with E-state index in [1.807, 2.05) is 0 Å². The highest BCUT2D eigenvalue weighted by atomic mass is 16.7. The van der Waals surface area contributed by atoms with E-state index in [1.165, 1.54) is 6.92 Å². The Kier molecular flexibility index (Phi) is 3.14. The summed E-state index contributed by atoms with van der Waals surface area (Å²) >= 11 is 0. The van der Waals surface area contributed by atoms with E-state index in [1.54, 1.807) is 18.2 Å². The molecule has 0 fully saturated rings. The van der Waals surface area contributed by atoms with Gasteiger partial charge in [0.25, 0.3) is 0 Å². The number of nitrogens with one attached hydrogen (secondary N) is 1. The molecule has 0 unspecified atom stereocenters. The normalized spacial score (nSPS) is 12.3. The molecular weight excluding hydrogens is 210 g/mol. The minimum atomic E-state index is -0.0608. The Hall–Kier alpha value is -1.91. The van der Waals surface area contributed by atoms with Gasteiger partial charge in [0, 0.05) is 13.0 Å². The van der Waals surface area contributed by atoms with E-state index >= 15 is 0 Å². The minimum Gasteiger partial charge on any atom is -0.492 e. The van der Waals surface area contributed by atoms with Crippen LogP contribution in [0.3, 0.4) is 0 Å². The summed E-state index contributed by atoms with van der Waals surface area (Å²) in [6.45, 7) is 2.65. The first-order valence-electron chi connectivity index (χ1n) is 5.02. The van der Waals surface area contributed by atoms with Crippen molar-refractivity contribution in [1.82, 2.24) is 5.32 Å². The maximum Gasteiger partial charge on any atom is 0.231 e. The zero-order valence-corrected chi connectivity index (χ0v) is 8.99. The summed E-state index contributed by atoms with van der Waals surface area (Å²) in [5.41, 5.74) is 0. The molecule has 0 atom stereocenters. The summed E-state index contributed by atoms with van der Waals surface area (Å²) in [6.07, 6.45) is 0. The SMILES string of the molecule is CC(=O)NCCOc1ccc2c(c1)OCO2. The molecule has 0 aromatic heterocycles. The molecule has 1 aliphatic heterocycles. The molecule has 1 aromatic carbocycles. The van der Waals surface area contributed by atoms with Gasteiger partial charge in [-0.05, 0) is 12.1 Å². The van der Waals surface area contributed by atoms with Crippen LogP contribution >= 0.6 is 0 Å². The van der Waals surface area contributed by atoms with Gasteiger partial charge in [0.05, 0.1) is 6.54 Å². The monoisotopic (exact) mass is 223 g/mol. The fraction of sp³-hybridized carbons (Fsp3) is 0.364. The number of hydrogen-bond acceptors (Lipinski definition) is 4. The molecule has 1 amide bonds. The van der Waals surface area contributed by atoms with E-state index in [4.69, 9.17) is 14.2 Å². The minimum absolute atomic E-state index is 0.0608. The van der Waals surface area contributed by atoms with E-state index in [9.17, 15) is 4.79 Å². The summed E-state index contributed by atoms with van der Waals surface area (Å²) < 4.78 is 15.8. The van der Waals surface area contributed by atoms with Gasteiger partial charge in [-0.3, -0.25) is 4.79 Å². The average Bonchev–Trinajstić information content (AvgIpc) is 2.71. The molecule has 0 saturated carbocycles. The van der Waals surface area contributed by atoms with Crippen LogP contribution in [0.1, 0.15) is 6.92 Å². The summed E-state index contributed by atoms with van der Waals surface area (Å²) in [5.74, 6) is 2.06. The smallest absolute Gasteiger partial charge is 0.231 e. The van der Waals surface area contributed by atoms with Crippen LogP contribution < -0.4 is 19.5 Å². The summed E-state index contributed by atoms with van der Waals surface area (Å²) in [6, 6.07) is 5.38. The van der Waals surface area contributed by atoms with Gasteiger partial charge in [-0.2, -0.15) is 0 Å². The van der Waals surface area contributed by atoms with E-state index in [2.05, 4.69) is 5.32 Å². The second-order valence-corrected chi connectivity index (χ2v) is 3.35. The molecule has 0 aliphatic carbocycles. The van der Waals surface area contributed by atoms with Crippen LogP contribution in [0, 0.1) is 0 Å². The third kappa shape index (κ3) is 2.56. The molecule has 2 rings (SSSR count). The lowest BCUT2D eigenvalue weighted by Gasteiger charge is -2.06. The van der Waals surface area contributed by atoms with Gasteiger partial charge in [0.2, 0.25) is 12.7 Å². The van der Waals surface area contributed by atoms with Gasteiger partial charge >= 0.3 is 0 Å². The second kappa shape index (κ2) is 4.74. The maximum atomic E-state index is 10.6. The van der Waals surface area contributed by atoms with Gasteiger partial charge in [-0.25, -0.2) is 0 Å². The van der Waals surface area contributed by atoms with Gasteiger partial charge in [-0.15, -0.1) is 0 Å².